The molecule has 1 aromatic heterocycles. The number of nitrogens with zero attached hydrogens (tertiary/aromatic N) is 3. The van der Waals surface area contributed by atoms with Crippen molar-refractivity contribution in [3.63, 3.8) is 0 Å². The number of hydrogen-bond donors (Lipinski definition) is 2. The first-order valence-corrected chi connectivity index (χ1v) is 7.56. The maximum atomic E-state index is 6.22. The van der Waals surface area contributed by atoms with Gasteiger partial charge in [-0.1, -0.05) is 22.8 Å². The van der Waals surface area contributed by atoms with Gasteiger partial charge in [0.15, 0.2) is 11.8 Å². The molecule has 0 aliphatic heterocycles. The summed E-state index contributed by atoms with van der Waals surface area (Å²) in [5, 5.41) is 10.7. The maximum absolute atomic E-state index is 6.22. The minimum atomic E-state index is 0. The van der Waals surface area contributed by atoms with Crippen molar-refractivity contribution in [1.82, 2.24) is 20.8 Å². The van der Waals surface area contributed by atoms with E-state index >= 15 is 0 Å². The van der Waals surface area contributed by atoms with E-state index in [-0.39, 0.29) is 24.0 Å². The molecular formula is C15H21ClIN5O2. The molecule has 0 amide bonds. The molecule has 0 aliphatic rings. The van der Waals surface area contributed by atoms with Crippen molar-refractivity contribution in [3.8, 4) is 5.75 Å². The van der Waals surface area contributed by atoms with Crippen molar-refractivity contribution in [3.05, 3.63) is 40.5 Å². The molecule has 1 aromatic carbocycles. The molecular weight excluding hydrogens is 445 g/mol. The Kier molecular flexibility index (Phi) is 8.83. The van der Waals surface area contributed by atoms with Crippen LogP contribution >= 0.6 is 35.6 Å². The molecule has 0 fully saturated rings. The number of aromatic nitrogens is 2. The summed E-state index contributed by atoms with van der Waals surface area (Å²) in [6.45, 7) is 2.89. The third-order valence-corrected chi connectivity index (χ3v) is 3.50. The van der Waals surface area contributed by atoms with Crippen molar-refractivity contribution in [1.29, 1.82) is 0 Å². The molecule has 0 unspecified atom stereocenters. The van der Waals surface area contributed by atoms with Crippen molar-refractivity contribution in [2.24, 2.45) is 4.99 Å². The lowest BCUT2D eigenvalue weighted by atomic mass is 10.1. The summed E-state index contributed by atoms with van der Waals surface area (Å²) in [6.07, 6.45) is 0.767. The van der Waals surface area contributed by atoms with E-state index in [1.54, 1.807) is 21.1 Å². The number of rotatable bonds is 6. The minimum absolute atomic E-state index is 0. The Labute approximate surface area is 163 Å². The van der Waals surface area contributed by atoms with E-state index in [0.717, 1.165) is 17.7 Å². The SMILES string of the molecule is CN=C(NCCc1ccc(OC)cc1Cl)NCc1nc(C)no1.I. The number of halogens is 2. The van der Waals surface area contributed by atoms with E-state index < -0.39 is 0 Å². The number of hydrogen-bond acceptors (Lipinski definition) is 5. The highest BCUT2D eigenvalue weighted by Gasteiger charge is 2.05. The summed E-state index contributed by atoms with van der Waals surface area (Å²) in [4.78, 5) is 8.26. The zero-order valence-corrected chi connectivity index (χ0v) is 16.9. The molecule has 2 aromatic rings. The molecule has 2 rings (SSSR count). The molecule has 0 spiro atoms. The third kappa shape index (κ3) is 6.16. The maximum Gasteiger partial charge on any atom is 0.246 e. The molecule has 132 valence electrons. The first kappa shape index (κ1) is 20.5. The van der Waals surface area contributed by atoms with Crippen LogP contribution in [0.3, 0.4) is 0 Å². The number of benzene rings is 1. The van der Waals surface area contributed by atoms with E-state index in [4.69, 9.17) is 20.9 Å². The summed E-state index contributed by atoms with van der Waals surface area (Å²) in [5.74, 6) is 2.53. The van der Waals surface area contributed by atoms with Gasteiger partial charge in [-0.25, -0.2) is 0 Å². The Morgan fingerprint density at radius 2 is 2.17 bits per heavy atom. The van der Waals surface area contributed by atoms with Crippen LogP contribution in [0, 0.1) is 6.92 Å². The molecule has 0 aliphatic carbocycles. The molecule has 0 bridgehead atoms. The largest absolute Gasteiger partial charge is 0.497 e. The fourth-order valence-corrected chi connectivity index (χ4v) is 2.23. The zero-order valence-electron chi connectivity index (χ0n) is 13.8. The molecule has 0 saturated carbocycles. The molecule has 2 N–H and O–H groups in total. The number of aliphatic imine (C=N–C) groups is 1. The Morgan fingerprint density at radius 1 is 1.38 bits per heavy atom. The van der Waals surface area contributed by atoms with Crippen molar-refractivity contribution < 1.29 is 9.26 Å². The third-order valence-electron chi connectivity index (χ3n) is 3.15. The van der Waals surface area contributed by atoms with E-state index in [2.05, 4.69) is 25.8 Å². The highest BCUT2D eigenvalue weighted by atomic mass is 127. The lowest BCUT2D eigenvalue weighted by molar-refractivity contribution is 0.371. The van der Waals surface area contributed by atoms with Crippen molar-refractivity contribution >= 4 is 41.5 Å². The first-order chi connectivity index (χ1) is 11.1. The summed E-state index contributed by atoms with van der Waals surface area (Å²) < 4.78 is 10.2. The quantitative estimate of drug-likeness (QED) is 0.388. The van der Waals surface area contributed by atoms with Crippen LogP contribution in [0.1, 0.15) is 17.3 Å². The van der Waals surface area contributed by atoms with Gasteiger partial charge in [-0.15, -0.1) is 24.0 Å². The van der Waals surface area contributed by atoms with Crippen LogP contribution in [0.2, 0.25) is 5.02 Å². The molecule has 0 atom stereocenters. The van der Waals surface area contributed by atoms with Crippen LogP contribution in [-0.2, 0) is 13.0 Å². The van der Waals surface area contributed by atoms with Gasteiger partial charge >= 0.3 is 0 Å². The highest BCUT2D eigenvalue weighted by molar-refractivity contribution is 14.0. The van der Waals surface area contributed by atoms with Crippen LogP contribution in [-0.4, -0.2) is 36.8 Å². The molecule has 0 saturated heterocycles. The van der Waals surface area contributed by atoms with Crippen LogP contribution < -0.4 is 15.4 Å². The monoisotopic (exact) mass is 465 g/mol. The predicted molar refractivity (Wildman–Crippen MR) is 104 cm³/mol. The summed E-state index contributed by atoms with van der Waals surface area (Å²) in [7, 11) is 3.32. The Morgan fingerprint density at radius 3 is 2.75 bits per heavy atom. The van der Waals surface area contributed by atoms with Gasteiger partial charge in [0, 0.05) is 18.6 Å². The van der Waals surface area contributed by atoms with Gasteiger partial charge in [-0.05, 0) is 31.0 Å². The summed E-state index contributed by atoms with van der Waals surface area (Å²) in [6, 6.07) is 5.66. The van der Waals surface area contributed by atoms with Crippen LogP contribution in [0.25, 0.3) is 0 Å². The lowest BCUT2D eigenvalue weighted by Crippen LogP contribution is -2.37. The van der Waals surface area contributed by atoms with Crippen LogP contribution in [0.4, 0.5) is 0 Å². The second kappa shape index (κ2) is 10.3. The van der Waals surface area contributed by atoms with E-state index in [9.17, 15) is 0 Å². The fraction of sp³-hybridized carbons (Fsp3) is 0.400. The average Bonchev–Trinajstić information content (AvgIpc) is 2.97. The first-order valence-electron chi connectivity index (χ1n) is 7.18. The van der Waals surface area contributed by atoms with Crippen molar-refractivity contribution in [2.75, 3.05) is 20.7 Å². The smallest absolute Gasteiger partial charge is 0.246 e. The van der Waals surface area contributed by atoms with Gasteiger partial charge in [-0.2, -0.15) is 4.98 Å². The van der Waals surface area contributed by atoms with Gasteiger partial charge in [0.1, 0.15) is 5.75 Å². The average molecular weight is 466 g/mol. The molecule has 24 heavy (non-hydrogen) atoms. The Balaban J connectivity index is 0.00000288. The number of nitrogens with one attached hydrogen (secondary N) is 2. The number of guanidine groups is 1. The van der Waals surface area contributed by atoms with Gasteiger partial charge in [-0.3, -0.25) is 4.99 Å². The standard InChI is InChI=1S/C15H20ClN5O2.HI/c1-10-20-14(23-21-10)9-19-15(17-2)18-7-6-11-4-5-12(22-3)8-13(11)16;/h4-5,8H,6-7,9H2,1-3H3,(H2,17,18,19);1H. The van der Waals surface area contributed by atoms with Gasteiger partial charge in [0.2, 0.25) is 5.89 Å². The van der Waals surface area contributed by atoms with E-state index in [1.165, 1.54) is 0 Å². The predicted octanol–water partition coefficient (Wildman–Crippen LogP) is 2.57. The lowest BCUT2D eigenvalue weighted by Gasteiger charge is -2.11. The van der Waals surface area contributed by atoms with Crippen LogP contribution in [0.5, 0.6) is 5.75 Å². The normalized spacial score (nSPS) is 10.9. The zero-order chi connectivity index (χ0) is 16.7. The molecule has 0 radical (unpaired) electrons. The summed E-state index contributed by atoms with van der Waals surface area (Å²) in [5.41, 5.74) is 1.04. The second-order valence-corrected chi connectivity index (χ2v) is 5.20. The Hall–Kier alpha value is -1.55. The van der Waals surface area contributed by atoms with Crippen LogP contribution in [0.15, 0.2) is 27.7 Å². The topological polar surface area (TPSA) is 84.6 Å². The van der Waals surface area contributed by atoms with Crippen molar-refractivity contribution in [2.45, 2.75) is 19.9 Å². The molecule has 9 heteroatoms. The van der Waals surface area contributed by atoms with E-state index in [0.29, 0.717) is 35.8 Å². The van der Waals surface area contributed by atoms with Gasteiger partial charge in [0.25, 0.3) is 0 Å². The van der Waals surface area contributed by atoms with E-state index in [1.807, 2.05) is 18.2 Å². The minimum Gasteiger partial charge on any atom is -0.497 e. The fourth-order valence-electron chi connectivity index (χ4n) is 1.97. The molecule has 1 heterocycles. The number of ether oxygens (including phenoxy) is 1. The number of aryl methyl sites for hydroxylation is 1. The molecule has 7 nitrogen and oxygen atoms in total. The summed E-state index contributed by atoms with van der Waals surface area (Å²) >= 11 is 6.22. The van der Waals surface area contributed by atoms with Gasteiger partial charge < -0.3 is 19.9 Å². The number of methoxy groups -OCH3 is 1. The highest BCUT2D eigenvalue weighted by Crippen LogP contribution is 2.22. The van der Waals surface area contributed by atoms with Gasteiger partial charge in [0.05, 0.1) is 13.7 Å². The Bertz CT molecular complexity index is 678. The second-order valence-electron chi connectivity index (χ2n) is 4.80.